The quantitative estimate of drug-likeness (QED) is 0.297. The van der Waals surface area contributed by atoms with Gasteiger partial charge in [0.25, 0.3) is 0 Å². The van der Waals surface area contributed by atoms with Crippen LogP contribution in [0.2, 0.25) is 5.02 Å². The molecule has 0 aliphatic carbocycles. The van der Waals surface area contributed by atoms with E-state index in [0.717, 1.165) is 41.7 Å². The van der Waals surface area contributed by atoms with Crippen molar-refractivity contribution < 1.29 is 4.79 Å². The van der Waals surface area contributed by atoms with Gasteiger partial charge in [0.15, 0.2) is 11.6 Å². The highest BCUT2D eigenvalue weighted by Crippen LogP contribution is 2.35. The number of benzene rings is 2. The van der Waals surface area contributed by atoms with Crippen molar-refractivity contribution in [2.75, 3.05) is 37.2 Å². The third-order valence-corrected chi connectivity index (χ3v) is 5.88. The van der Waals surface area contributed by atoms with Crippen LogP contribution < -0.4 is 16.4 Å². The number of hydrogen-bond donors (Lipinski definition) is 4. The highest BCUT2D eigenvalue weighted by molar-refractivity contribution is 6.35. The molecule has 0 radical (unpaired) electrons. The first-order valence-corrected chi connectivity index (χ1v) is 11.5. The molecule has 0 saturated carbocycles. The molecule has 176 valence electrons. The summed E-state index contributed by atoms with van der Waals surface area (Å²) in [5, 5.41) is 13.9. The third-order valence-electron chi connectivity index (χ3n) is 5.58. The largest absolute Gasteiger partial charge is 0.381 e. The lowest BCUT2D eigenvalue weighted by Crippen LogP contribution is -2.37. The average molecular weight is 479 g/mol. The zero-order chi connectivity index (χ0) is 24.1. The molecule has 0 bridgehead atoms. The number of carbonyl (C=O) groups is 1. The van der Waals surface area contributed by atoms with Crippen LogP contribution in [0, 0.1) is 0 Å². The van der Waals surface area contributed by atoms with E-state index in [-0.39, 0.29) is 11.6 Å². The molecule has 9 nitrogen and oxygen atoms in total. The molecule has 0 aliphatic rings. The zero-order valence-electron chi connectivity index (χ0n) is 19.1. The van der Waals surface area contributed by atoms with E-state index < -0.39 is 6.03 Å². The Morgan fingerprint density at radius 3 is 2.56 bits per heavy atom. The van der Waals surface area contributed by atoms with Crippen LogP contribution in [-0.2, 0) is 0 Å². The lowest BCUT2D eigenvalue weighted by atomic mass is 10.0. The first-order valence-electron chi connectivity index (χ1n) is 11.1. The van der Waals surface area contributed by atoms with Gasteiger partial charge in [0, 0.05) is 29.6 Å². The monoisotopic (exact) mass is 478 g/mol. The number of likely N-dealkylation sites (N-methyl/N-ethyl adjacent to an activating group) is 1. The number of nitrogen functional groups attached to an aromatic ring is 1. The maximum absolute atomic E-state index is 12.5. The number of nitrogens with one attached hydrogen (secondary N) is 3. The zero-order valence-corrected chi connectivity index (χ0v) is 19.9. The highest BCUT2D eigenvalue weighted by Gasteiger charge is 2.18. The van der Waals surface area contributed by atoms with E-state index in [0.29, 0.717) is 23.0 Å². The number of nitrogens with zero attached hydrogens (tertiary/aromatic N) is 4. The van der Waals surface area contributed by atoms with E-state index in [1.807, 2.05) is 36.4 Å². The highest BCUT2D eigenvalue weighted by atomic mass is 35.5. The number of hydrogen-bond acceptors (Lipinski definition) is 6. The Balaban J connectivity index is 1.68. The minimum atomic E-state index is -0.394. The van der Waals surface area contributed by atoms with Crippen LogP contribution in [-0.4, -0.2) is 57.3 Å². The molecule has 0 spiro atoms. The lowest BCUT2D eigenvalue weighted by Gasteiger charge is -2.18. The fourth-order valence-corrected chi connectivity index (χ4v) is 3.98. The van der Waals surface area contributed by atoms with Crippen LogP contribution in [0.5, 0.6) is 0 Å². The third kappa shape index (κ3) is 5.11. The van der Waals surface area contributed by atoms with Gasteiger partial charge >= 0.3 is 6.03 Å². The molecule has 0 aliphatic heterocycles. The van der Waals surface area contributed by atoms with Gasteiger partial charge in [0.1, 0.15) is 0 Å². The standard InChI is InChI=1S/C24H27ClN8O/c1-3-33(4-2)11-10-27-24(34)31-23-22(26)29-20(15-8-6-5-7-9-15)21(30-23)16-12-17-14-28-32-19(17)18(25)13-16/h5-9,12-14H,3-4,10-11H2,1-2H3,(H2,26,29)(H,28,32)(H2,27,30,31,34). The molecule has 0 fully saturated rings. The van der Waals surface area contributed by atoms with Gasteiger partial charge in [0.2, 0.25) is 0 Å². The van der Waals surface area contributed by atoms with Crippen LogP contribution in [0.1, 0.15) is 13.8 Å². The van der Waals surface area contributed by atoms with Gasteiger partial charge in [-0.25, -0.2) is 14.8 Å². The van der Waals surface area contributed by atoms with E-state index in [4.69, 9.17) is 22.3 Å². The molecule has 2 aromatic heterocycles. The summed E-state index contributed by atoms with van der Waals surface area (Å²) >= 11 is 6.49. The molecule has 0 saturated heterocycles. The average Bonchev–Trinajstić information content (AvgIpc) is 3.33. The topological polar surface area (TPSA) is 125 Å². The molecule has 0 unspecified atom stereocenters. The number of aromatic nitrogens is 4. The second kappa shape index (κ2) is 10.5. The molecule has 2 amide bonds. The number of aromatic amines is 1. The van der Waals surface area contributed by atoms with E-state index in [1.165, 1.54) is 0 Å². The molecule has 0 atom stereocenters. The normalized spacial score (nSPS) is 11.2. The van der Waals surface area contributed by atoms with Crippen molar-refractivity contribution in [3.8, 4) is 22.5 Å². The fourth-order valence-electron chi connectivity index (χ4n) is 3.71. The Hall–Kier alpha value is -3.69. The number of nitrogens with two attached hydrogens (primary N) is 1. The van der Waals surface area contributed by atoms with Gasteiger partial charge in [-0.3, -0.25) is 10.4 Å². The Labute approximate surface area is 202 Å². The number of carbonyl (C=O) groups excluding carboxylic acids is 1. The van der Waals surface area contributed by atoms with Crippen molar-refractivity contribution in [2.24, 2.45) is 0 Å². The van der Waals surface area contributed by atoms with Gasteiger partial charge in [-0.2, -0.15) is 5.10 Å². The maximum Gasteiger partial charge on any atom is 0.320 e. The van der Waals surface area contributed by atoms with Gasteiger partial charge in [-0.15, -0.1) is 0 Å². The molecular formula is C24H27ClN8O. The summed E-state index contributed by atoms with van der Waals surface area (Å²) in [4.78, 5) is 24.1. The van der Waals surface area contributed by atoms with E-state index in [1.54, 1.807) is 12.3 Å². The van der Waals surface area contributed by atoms with E-state index >= 15 is 0 Å². The summed E-state index contributed by atoms with van der Waals surface area (Å²) in [6, 6.07) is 12.9. The summed E-state index contributed by atoms with van der Waals surface area (Å²) in [6.45, 7) is 7.27. The minimum Gasteiger partial charge on any atom is -0.381 e. The number of fused-ring (bicyclic) bond motifs is 1. The van der Waals surface area contributed by atoms with Gasteiger partial charge < -0.3 is 16.0 Å². The van der Waals surface area contributed by atoms with Crippen molar-refractivity contribution in [3.63, 3.8) is 0 Å². The number of H-pyrrole nitrogens is 1. The number of halogens is 1. The Kier molecular flexibility index (Phi) is 7.24. The van der Waals surface area contributed by atoms with Crippen LogP contribution >= 0.6 is 11.6 Å². The van der Waals surface area contributed by atoms with Gasteiger partial charge in [-0.05, 0) is 25.2 Å². The predicted octanol–water partition coefficient (Wildman–Crippen LogP) is 4.39. The summed E-state index contributed by atoms with van der Waals surface area (Å²) in [5.74, 6) is 0.301. The van der Waals surface area contributed by atoms with Crippen molar-refractivity contribution in [1.29, 1.82) is 0 Å². The maximum atomic E-state index is 12.5. The molecule has 4 rings (SSSR count). The first-order chi connectivity index (χ1) is 16.5. The first kappa shape index (κ1) is 23.5. The van der Waals surface area contributed by atoms with Crippen LogP contribution in [0.15, 0.2) is 48.7 Å². The Morgan fingerprint density at radius 2 is 1.82 bits per heavy atom. The molecular weight excluding hydrogens is 452 g/mol. The second-order valence-electron chi connectivity index (χ2n) is 7.72. The van der Waals surface area contributed by atoms with E-state index in [9.17, 15) is 4.79 Å². The van der Waals surface area contributed by atoms with Crippen molar-refractivity contribution in [1.82, 2.24) is 30.4 Å². The van der Waals surface area contributed by atoms with Crippen molar-refractivity contribution in [2.45, 2.75) is 13.8 Å². The summed E-state index contributed by atoms with van der Waals surface area (Å²) in [6.07, 6.45) is 1.69. The van der Waals surface area contributed by atoms with Crippen molar-refractivity contribution >= 4 is 40.2 Å². The molecule has 4 aromatic rings. The van der Waals surface area contributed by atoms with Crippen LogP contribution in [0.4, 0.5) is 16.4 Å². The number of anilines is 2. The predicted molar refractivity (Wildman–Crippen MR) is 137 cm³/mol. The molecule has 2 aromatic carbocycles. The summed E-state index contributed by atoms with van der Waals surface area (Å²) in [5.41, 5.74) is 9.66. The molecule has 10 heteroatoms. The summed E-state index contributed by atoms with van der Waals surface area (Å²) in [7, 11) is 0. The number of urea groups is 1. The SMILES string of the molecule is CCN(CC)CCNC(=O)Nc1nc(-c2cc(Cl)c3[nH]ncc3c2)c(-c2ccccc2)nc1N. The Bertz CT molecular complexity index is 1290. The fraction of sp³-hybridized carbons (Fsp3) is 0.250. The van der Waals surface area contributed by atoms with Gasteiger partial charge in [-0.1, -0.05) is 55.8 Å². The number of rotatable bonds is 8. The van der Waals surface area contributed by atoms with Crippen LogP contribution in [0.3, 0.4) is 0 Å². The van der Waals surface area contributed by atoms with Crippen molar-refractivity contribution in [3.05, 3.63) is 53.7 Å². The summed E-state index contributed by atoms with van der Waals surface area (Å²) < 4.78 is 0. The van der Waals surface area contributed by atoms with Gasteiger partial charge in [0.05, 0.1) is 28.1 Å². The molecule has 34 heavy (non-hydrogen) atoms. The minimum absolute atomic E-state index is 0.122. The van der Waals surface area contributed by atoms with Crippen LogP contribution in [0.25, 0.3) is 33.4 Å². The Morgan fingerprint density at radius 1 is 1.09 bits per heavy atom. The molecule has 2 heterocycles. The second-order valence-corrected chi connectivity index (χ2v) is 8.13. The number of amides is 2. The smallest absolute Gasteiger partial charge is 0.320 e. The lowest BCUT2D eigenvalue weighted by molar-refractivity contribution is 0.247. The van der Waals surface area contributed by atoms with E-state index in [2.05, 4.69) is 44.6 Å². The molecule has 5 N–H and O–H groups in total.